The van der Waals surface area contributed by atoms with Crippen molar-refractivity contribution in [1.82, 2.24) is 15.1 Å². The number of carbonyl (C=O) groups excluding carboxylic acids is 1. The fraction of sp³-hybridized carbons (Fsp3) is 0.182. The summed E-state index contributed by atoms with van der Waals surface area (Å²) in [5, 5.41) is 11.4. The average Bonchev–Trinajstić information content (AvgIpc) is 3.33. The number of anilines is 1. The molecular formula is C22H18N4O3S. The van der Waals surface area contributed by atoms with Crippen molar-refractivity contribution in [3.63, 3.8) is 0 Å². The van der Waals surface area contributed by atoms with Crippen molar-refractivity contribution in [2.75, 3.05) is 31.1 Å². The lowest BCUT2D eigenvalue weighted by Gasteiger charge is -2.35. The Hall–Kier alpha value is -3.52. The maximum atomic E-state index is 12.9. The molecule has 4 aromatic rings. The first kappa shape index (κ1) is 18.5. The van der Waals surface area contributed by atoms with Crippen molar-refractivity contribution < 1.29 is 9.21 Å². The summed E-state index contributed by atoms with van der Waals surface area (Å²) in [5.41, 5.74) is 0.803. The van der Waals surface area contributed by atoms with Crippen molar-refractivity contribution in [2.45, 2.75) is 0 Å². The lowest BCUT2D eigenvalue weighted by atomic mass is 10.1. The predicted molar refractivity (Wildman–Crippen MR) is 116 cm³/mol. The number of fused-ring (bicyclic) bond motifs is 1. The topological polar surface area (TPSA) is 79.5 Å². The molecule has 8 heteroatoms. The number of carbonyl (C=O) groups is 1. The first-order valence-corrected chi connectivity index (χ1v) is 10.5. The first-order chi connectivity index (χ1) is 14.7. The number of thiophene rings is 1. The van der Waals surface area contributed by atoms with E-state index in [1.54, 1.807) is 34.4 Å². The third kappa shape index (κ3) is 3.46. The third-order valence-corrected chi connectivity index (χ3v) is 6.08. The van der Waals surface area contributed by atoms with E-state index >= 15 is 0 Å². The molecule has 1 aromatic carbocycles. The van der Waals surface area contributed by atoms with Crippen molar-refractivity contribution in [3.8, 4) is 10.6 Å². The van der Waals surface area contributed by atoms with Gasteiger partial charge in [0.1, 0.15) is 16.8 Å². The fourth-order valence-electron chi connectivity index (χ4n) is 3.57. The molecule has 0 bridgehead atoms. The van der Waals surface area contributed by atoms with Crippen LogP contribution in [0.4, 0.5) is 5.82 Å². The summed E-state index contributed by atoms with van der Waals surface area (Å²) in [4.78, 5) is 30.1. The molecule has 3 aromatic heterocycles. The van der Waals surface area contributed by atoms with Crippen LogP contribution >= 0.6 is 11.3 Å². The molecule has 7 nitrogen and oxygen atoms in total. The van der Waals surface area contributed by atoms with E-state index < -0.39 is 5.63 Å². The zero-order valence-corrected chi connectivity index (χ0v) is 16.8. The highest BCUT2D eigenvalue weighted by Crippen LogP contribution is 2.23. The van der Waals surface area contributed by atoms with Gasteiger partial charge in [0.15, 0.2) is 5.82 Å². The van der Waals surface area contributed by atoms with E-state index in [1.807, 2.05) is 41.8 Å². The van der Waals surface area contributed by atoms with E-state index in [-0.39, 0.29) is 11.5 Å². The van der Waals surface area contributed by atoms with Crippen molar-refractivity contribution in [1.29, 1.82) is 0 Å². The van der Waals surface area contributed by atoms with Crippen LogP contribution in [0.15, 0.2) is 69.2 Å². The largest absolute Gasteiger partial charge is 0.422 e. The number of para-hydroxylation sites is 1. The predicted octanol–water partition coefficient (Wildman–Crippen LogP) is 3.27. The van der Waals surface area contributed by atoms with Gasteiger partial charge in [0.05, 0.1) is 4.88 Å². The van der Waals surface area contributed by atoms with Crippen LogP contribution in [0.25, 0.3) is 21.5 Å². The number of amides is 1. The van der Waals surface area contributed by atoms with Crippen LogP contribution in [0, 0.1) is 0 Å². The average molecular weight is 418 g/mol. The summed E-state index contributed by atoms with van der Waals surface area (Å²) in [5.74, 6) is 0.487. The van der Waals surface area contributed by atoms with Gasteiger partial charge in [-0.15, -0.1) is 21.5 Å². The van der Waals surface area contributed by atoms with Crippen LogP contribution in [-0.2, 0) is 0 Å². The van der Waals surface area contributed by atoms with Gasteiger partial charge in [-0.1, -0.05) is 24.3 Å². The number of benzene rings is 1. The van der Waals surface area contributed by atoms with Crippen molar-refractivity contribution >= 4 is 34.0 Å². The SMILES string of the molecule is O=C(c1cc2ccccc2oc1=O)N1CCN(c2ccc(-c3cccs3)nn2)CC1. The molecule has 150 valence electrons. The van der Waals surface area contributed by atoms with Gasteiger partial charge in [0.2, 0.25) is 0 Å². The molecule has 0 radical (unpaired) electrons. The fourth-order valence-corrected chi connectivity index (χ4v) is 4.26. The van der Waals surface area contributed by atoms with E-state index in [0.29, 0.717) is 31.8 Å². The molecule has 0 atom stereocenters. The van der Waals surface area contributed by atoms with E-state index in [0.717, 1.165) is 21.8 Å². The van der Waals surface area contributed by atoms with Crippen molar-refractivity contribution in [3.05, 3.63) is 76.0 Å². The van der Waals surface area contributed by atoms with Crippen LogP contribution in [0.1, 0.15) is 10.4 Å². The molecule has 0 aliphatic carbocycles. The third-order valence-electron chi connectivity index (χ3n) is 5.19. The maximum Gasteiger partial charge on any atom is 0.349 e. The summed E-state index contributed by atoms with van der Waals surface area (Å²) < 4.78 is 5.31. The van der Waals surface area contributed by atoms with Crippen LogP contribution in [0.3, 0.4) is 0 Å². The highest BCUT2D eigenvalue weighted by molar-refractivity contribution is 7.13. The molecular weight excluding hydrogens is 400 g/mol. The minimum absolute atomic E-state index is 0.0715. The van der Waals surface area contributed by atoms with Crippen LogP contribution in [0.2, 0.25) is 0 Å². The minimum Gasteiger partial charge on any atom is -0.422 e. The zero-order valence-electron chi connectivity index (χ0n) is 16.0. The molecule has 5 rings (SSSR count). The Morgan fingerprint density at radius 2 is 1.80 bits per heavy atom. The molecule has 1 aliphatic rings. The standard InChI is InChI=1S/C22H18N4O3S/c27-21(16-14-15-4-1-2-5-18(15)29-22(16)28)26-11-9-25(10-12-26)20-8-7-17(23-24-20)19-6-3-13-30-19/h1-8,13-14H,9-12H2. The second-order valence-electron chi connectivity index (χ2n) is 7.02. The molecule has 1 amide bonds. The Kier molecular flexibility index (Phi) is 4.76. The van der Waals surface area contributed by atoms with Crippen LogP contribution in [0.5, 0.6) is 0 Å². The summed E-state index contributed by atoms with van der Waals surface area (Å²) in [7, 11) is 0. The molecule has 1 aliphatic heterocycles. The minimum atomic E-state index is -0.601. The quantitative estimate of drug-likeness (QED) is 0.475. The summed E-state index contributed by atoms with van der Waals surface area (Å²) in [6, 6.07) is 16.7. The maximum absolute atomic E-state index is 12.9. The molecule has 4 heterocycles. The lowest BCUT2D eigenvalue weighted by Crippen LogP contribution is -2.49. The number of hydrogen-bond acceptors (Lipinski definition) is 7. The van der Waals surface area contributed by atoms with Crippen molar-refractivity contribution in [2.24, 2.45) is 0 Å². The van der Waals surface area contributed by atoms with Gasteiger partial charge in [0.25, 0.3) is 5.91 Å². The second-order valence-corrected chi connectivity index (χ2v) is 7.97. The molecule has 1 saturated heterocycles. The number of nitrogens with zero attached hydrogens (tertiary/aromatic N) is 4. The zero-order chi connectivity index (χ0) is 20.5. The summed E-state index contributed by atoms with van der Waals surface area (Å²) in [6.07, 6.45) is 0. The first-order valence-electron chi connectivity index (χ1n) is 9.64. The Balaban J connectivity index is 1.28. The van der Waals surface area contributed by atoms with Crippen LogP contribution in [-0.4, -0.2) is 47.2 Å². The normalized spacial score (nSPS) is 14.3. The monoisotopic (exact) mass is 418 g/mol. The van der Waals surface area contributed by atoms with Gasteiger partial charge in [-0.25, -0.2) is 4.79 Å². The van der Waals surface area contributed by atoms with E-state index in [4.69, 9.17) is 4.42 Å². The number of piperazine rings is 1. The molecule has 0 spiro atoms. The second kappa shape index (κ2) is 7.72. The Morgan fingerprint density at radius 3 is 2.53 bits per heavy atom. The van der Waals surface area contributed by atoms with E-state index in [9.17, 15) is 9.59 Å². The molecule has 1 fully saturated rings. The van der Waals surface area contributed by atoms with E-state index in [1.165, 1.54) is 0 Å². The number of hydrogen-bond donors (Lipinski definition) is 0. The van der Waals surface area contributed by atoms with Gasteiger partial charge >= 0.3 is 5.63 Å². The summed E-state index contributed by atoms with van der Waals surface area (Å²) >= 11 is 1.63. The molecule has 30 heavy (non-hydrogen) atoms. The Bertz CT molecular complexity index is 1240. The molecule has 0 unspecified atom stereocenters. The van der Waals surface area contributed by atoms with Crippen LogP contribution < -0.4 is 10.5 Å². The lowest BCUT2D eigenvalue weighted by molar-refractivity contribution is 0.0742. The molecule has 0 saturated carbocycles. The highest BCUT2D eigenvalue weighted by atomic mass is 32.1. The van der Waals surface area contributed by atoms with Gasteiger partial charge in [-0.05, 0) is 35.7 Å². The Labute approximate surface area is 176 Å². The van der Waals surface area contributed by atoms with E-state index in [2.05, 4.69) is 15.1 Å². The smallest absolute Gasteiger partial charge is 0.349 e. The van der Waals surface area contributed by atoms with Gasteiger partial charge in [0, 0.05) is 31.6 Å². The Morgan fingerprint density at radius 1 is 0.967 bits per heavy atom. The summed E-state index contributed by atoms with van der Waals surface area (Å²) in [6.45, 7) is 2.24. The van der Waals surface area contributed by atoms with Gasteiger partial charge in [-0.2, -0.15) is 0 Å². The van der Waals surface area contributed by atoms with Gasteiger partial charge in [-0.3, -0.25) is 4.79 Å². The van der Waals surface area contributed by atoms with Gasteiger partial charge < -0.3 is 14.2 Å². The number of aromatic nitrogens is 2. The molecule has 0 N–H and O–H groups in total. The highest BCUT2D eigenvalue weighted by Gasteiger charge is 2.25. The number of rotatable bonds is 3.